The summed E-state index contributed by atoms with van der Waals surface area (Å²) in [5, 5.41) is 9.06. The number of pyridine rings is 2. The van der Waals surface area contributed by atoms with Crippen molar-refractivity contribution in [3.05, 3.63) is 247 Å². The summed E-state index contributed by atoms with van der Waals surface area (Å²) in [6.07, 6.45) is 23.6. The maximum Gasteiger partial charge on any atom is 0.248 e. The Morgan fingerprint density at radius 2 is 0.770 bits per heavy atom. The van der Waals surface area contributed by atoms with Crippen LogP contribution in [0.15, 0.2) is 135 Å². The summed E-state index contributed by atoms with van der Waals surface area (Å²) in [6, 6.07) is 36.3. The van der Waals surface area contributed by atoms with Gasteiger partial charge in [-0.15, -0.1) is 0 Å². The number of ether oxygens (including phenoxy) is 4. The van der Waals surface area contributed by atoms with E-state index in [0.717, 1.165) is 305 Å². The Hall–Kier alpha value is -13.2. The summed E-state index contributed by atoms with van der Waals surface area (Å²) < 4.78 is 21.8. The monoisotopic (exact) mass is 1630 g/mol. The topological polar surface area (TPSA) is 306 Å². The van der Waals surface area contributed by atoms with Crippen molar-refractivity contribution in [1.82, 2.24) is 69.8 Å². The first-order valence-electron chi connectivity index (χ1n) is 42.2. The number of nitrogens with two attached hydrogens (primary N) is 1. The number of morpholine rings is 1. The van der Waals surface area contributed by atoms with E-state index in [2.05, 4.69) is 190 Å². The van der Waals surface area contributed by atoms with Crippen LogP contribution >= 0.6 is 0 Å². The van der Waals surface area contributed by atoms with Gasteiger partial charge < -0.3 is 59.2 Å². The van der Waals surface area contributed by atoms with Crippen molar-refractivity contribution < 1.29 is 23.7 Å². The van der Waals surface area contributed by atoms with Gasteiger partial charge >= 0.3 is 0 Å². The third-order valence-electron chi connectivity index (χ3n) is 26.0. The lowest BCUT2D eigenvalue weighted by Gasteiger charge is -2.39. The van der Waals surface area contributed by atoms with Gasteiger partial charge in [-0.3, -0.25) is 4.79 Å². The Kier molecular flexibility index (Phi) is 22.5. The van der Waals surface area contributed by atoms with E-state index in [1.807, 2.05) is 42.6 Å². The van der Waals surface area contributed by atoms with Crippen LogP contribution in [-0.2, 0) is 40.2 Å². The average molecular weight is 1630 g/mol. The highest BCUT2D eigenvalue weighted by atomic mass is 16.5. The maximum absolute atomic E-state index is 11.5. The molecule has 1 amide bonds. The van der Waals surface area contributed by atoms with Crippen molar-refractivity contribution >= 4 is 64.1 Å². The number of nitriles is 1. The molecule has 19 rings (SSSR count). The summed E-state index contributed by atoms with van der Waals surface area (Å²) in [5.41, 5.74) is 32.4. The average Bonchev–Trinajstić information content (AvgIpc) is 1.58. The molecule has 122 heavy (non-hydrogen) atoms. The molecule has 0 saturated carbocycles. The molecule has 3 aliphatic carbocycles. The number of piperidine rings is 3. The minimum absolute atomic E-state index is 0.0356. The van der Waals surface area contributed by atoms with Gasteiger partial charge in [-0.05, 0) is 233 Å². The number of fused-ring (bicyclic) bond motifs is 3. The van der Waals surface area contributed by atoms with Gasteiger partial charge in [0.25, 0.3) is 0 Å². The Bertz CT molecular complexity index is 6080. The van der Waals surface area contributed by atoms with Crippen LogP contribution in [0.25, 0.3) is 68.7 Å². The maximum atomic E-state index is 11.5. The summed E-state index contributed by atoms with van der Waals surface area (Å²) in [5.74, 6) is 9.43. The number of aromatic nitrogens is 14. The van der Waals surface area contributed by atoms with Crippen molar-refractivity contribution in [3.8, 4) is 57.1 Å². The molecule has 0 bridgehead atoms. The molecule has 0 spiro atoms. The number of methoxy groups -OCH3 is 3. The molecule has 7 aliphatic rings. The molecular formula is C97H104N20O5. The largest absolute Gasteiger partial charge is 0.496 e. The first-order valence-corrected chi connectivity index (χ1v) is 42.2. The molecule has 4 fully saturated rings. The first-order chi connectivity index (χ1) is 59.0. The Morgan fingerprint density at radius 3 is 1.09 bits per heavy atom. The second-order valence-electron chi connectivity index (χ2n) is 34.1. The molecule has 0 atom stereocenters. The van der Waals surface area contributed by atoms with E-state index in [1.165, 1.54) is 11.1 Å². The number of hydrogen-bond acceptors (Lipinski definition) is 21. The molecule has 4 aliphatic heterocycles. The molecule has 622 valence electrons. The number of anilines is 4. The van der Waals surface area contributed by atoms with E-state index >= 15 is 0 Å². The number of nitrogens with one attached hydrogen (secondary N) is 3. The van der Waals surface area contributed by atoms with Crippen molar-refractivity contribution in [2.45, 2.75) is 136 Å². The standard InChI is InChI=1S/C34H39N7O2.C32H34N6O2.C31H31N7O/c1-22-17-24(5-7-29(22)42-4)31-23(2)38-33(39-31)34(3)9-11-41(12-10-34)32-27-18-26(19-28(27)36-21-37-32)25-6-8-30(35-20-25)40-13-15-43-16-14-40;1-19-15-23(9-10-27(19)40-4)28-20(2)36-31(37-28)32(3)11-13-38(14-12-32)30-25-16-24(17-26(25)34-18-35-30)21-5-7-22(8-6-21)29(33)39;1-19-13-21(6-8-27(19)39-4)28-20(2)36-30(37-28)31(3)9-11-38(12-10-31)29-25-14-23(15-26(25)34-18-35-29)22-5-7-24(16-32)33-17-22/h5-8,17-18,20-21H,9-16,19H2,1-4H3,(H,38,39);5-10,15-16,18H,11-14,17H2,1-4H3,(H2,33,39)(H,36,37);5-8,13-14,17-18H,9-12,15H2,1-4H3,(H,36,37). The van der Waals surface area contributed by atoms with Crippen LogP contribution in [0.2, 0.25) is 0 Å². The molecule has 12 aromatic rings. The summed E-state index contributed by atoms with van der Waals surface area (Å²) in [6.45, 7) is 28.1. The molecular weight excluding hydrogens is 1530 g/mol. The van der Waals surface area contributed by atoms with E-state index in [4.69, 9.17) is 64.8 Å². The van der Waals surface area contributed by atoms with Crippen LogP contribution in [0.4, 0.5) is 23.3 Å². The zero-order valence-electron chi connectivity index (χ0n) is 71.6. The highest BCUT2D eigenvalue weighted by Crippen LogP contribution is 2.46. The molecule has 25 heteroatoms. The van der Waals surface area contributed by atoms with Gasteiger partial charge in [0.15, 0.2) is 0 Å². The fourth-order valence-corrected chi connectivity index (χ4v) is 18.2. The number of primary amides is 1. The number of rotatable bonds is 17. The van der Waals surface area contributed by atoms with Crippen LogP contribution in [0.3, 0.4) is 0 Å². The highest BCUT2D eigenvalue weighted by molar-refractivity contribution is 5.96. The third-order valence-corrected chi connectivity index (χ3v) is 26.0. The minimum Gasteiger partial charge on any atom is -0.496 e. The van der Waals surface area contributed by atoms with Crippen molar-refractivity contribution in [2.24, 2.45) is 5.73 Å². The van der Waals surface area contributed by atoms with Gasteiger partial charge in [-0.1, -0.05) is 39.0 Å². The molecule has 0 unspecified atom stereocenters. The molecule has 8 aromatic heterocycles. The van der Waals surface area contributed by atoms with E-state index in [9.17, 15) is 4.79 Å². The summed E-state index contributed by atoms with van der Waals surface area (Å²) >= 11 is 0. The molecule has 4 aromatic carbocycles. The molecule has 4 saturated heterocycles. The van der Waals surface area contributed by atoms with Gasteiger partial charge in [0.1, 0.15) is 88.7 Å². The number of carbonyl (C=O) groups is 1. The SMILES string of the molecule is COc1ccc(-c2nc(C3(C)CCN(c4ncnc5c4C=C(c4ccc(C#N)nc4)C5)CC3)[nH]c2C)cc1C.COc1ccc(-c2nc(C3(C)CCN(c4ncnc5c4C=C(c4ccc(C(N)=O)cc4)C5)CC3)[nH]c2C)cc1C.COc1ccc(-c2nc(C3(C)CCN(c4ncnc5c4C=C(c4ccc(N6CCOCC6)nc4)C5)CC3)[nH]c2C)cc1C. The fraction of sp³-hybridized carbons (Fsp3) is 0.351. The van der Waals surface area contributed by atoms with Crippen molar-refractivity contribution in [1.29, 1.82) is 5.26 Å². The number of imidazole rings is 3. The normalized spacial score (nSPS) is 16.7. The van der Waals surface area contributed by atoms with Crippen LogP contribution < -0.4 is 39.5 Å². The smallest absolute Gasteiger partial charge is 0.248 e. The second-order valence-corrected chi connectivity index (χ2v) is 34.1. The van der Waals surface area contributed by atoms with E-state index in [0.29, 0.717) is 11.3 Å². The summed E-state index contributed by atoms with van der Waals surface area (Å²) in [7, 11) is 5.11. The number of aromatic amines is 3. The zero-order chi connectivity index (χ0) is 84.7. The number of allylic oxidation sites excluding steroid dienone is 3. The molecule has 25 nitrogen and oxygen atoms in total. The molecule has 12 heterocycles. The van der Waals surface area contributed by atoms with Gasteiger partial charge in [0.05, 0.1) is 68.7 Å². The lowest BCUT2D eigenvalue weighted by molar-refractivity contribution is 0.1000. The van der Waals surface area contributed by atoms with Crippen LogP contribution in [0.1, 0.15) is 177 Å². The van der Waals surface area contributed by atoms with E-state index in [-0.39, 0.29) is 16.2 Å². The predicted octanol–water partition coefficient (Wildman–Crippen LogP) is 16.0. The van der Waals surface area contributed by atoms with Gasteiger partial charge in [0, 0.05) is 156 Å². The Balaban J connectivity index is 0.000000130. The second kappa shape index (κ2) is 33.8. The summed E-state index contributed by atoms with van der Waals surface area (Å²) in [4.78, 5) is 84.2. The van der Waals surface area contributed by atoms with Crippen molar-refractivity contribution in [3.63, 3.8) is 0 Å². The van der Waals surface area contributed by atoms with Gasteiger partial charge in [-0.25, -0.2) is 54.8 Å². The number of nitrogens with zero attached hydrogens (tertiary/aromatic N) is 16. The van der Waals surface area contributed by atoms with E-state index < -0.39 is 5.91 Å². The van der Waals surface area contributed by atoms with Crippen molar-refractivity contribution in [2.75, 3.05) is 107 Å². The van der Waals surface area contributed by atoms with Crippen LogP contribution in [0.5, 0.6) is 17.2 Å². The highest BCUT2D eigenvalue weighted by Gasteiger charge is 2.41. The van der Waals surface area contributed by atoms with Gasteiger partial charge in [-0.2, -0.15) is 5.26 Å². The third kappa shape index (κ3) is 16.2. The number of aryl methyl sites for hydroxylation is 6. The number of H-pyrrole nitrogens is 3. The first kappa shape index (κ1) is 81.2. The molecule has 0 radical (unpaired) electrons. The number of carbonyl (C=O) groups excluding carboxylic acids is 1. The van der Waals surface area contributed by atoms with Crippen LogP contribution in [-0.4, -0.2) is 163 Å². The Labute approximate surface area is 712 Å². The zero-order valence-corrected chi connectivity index (χ0v) is 71.6. The lowest BCUT2D eigenvalue weighted by atomic mass is 9.79. The Morgan fingerprint density at radius 1 is 0.426 bits per heavy atom. The number of benzene rings is 4. The van der Waals surface area contributed by atoms with Crippen LogP contribution in [0, 0.1) is 52.9 Å². The molecule has 5 N–H and O–H groups in total. The number of hydrogen-bond donors (Lipinski definition) is 4. The van der Waals surface area contributed by atoms with E-state index in [1.54, 1.807) is 64.7 Å². The quantitative estimate of drug-likeness (QED) is 0.0658. The lowest BCUT2D eigenvalue weighted by Crippen LogP contribution is -2.42. The van der Waals surface area contributed by atoms with Gasteiger partial charge in [0.2, 0.25) is 5.91 Å². The minimum atomic E-state index is -0.419. The fourth-order valence-electron chi connectivity index (χ4n) is 18.2. The predicted molar refractivity (Wildman–Crippen MR) is 479 cm³/mol. The number of amides is 1.